The number of carbonyl (C=O) groups excluding carboxylic acids is 2. The minimum Gasteiger partial charge on any atom is -0.462 e. The van der Waals surface area contributed by atoms with Crippen molar-refractivity contribution in [2.24, 2.45) is 0 Å². The fourth-order valence-electron chi connectivity index (χ4n) is 5.68. The number of unbranched alkanes of at least 4 members (excludes halogenated alkanes) is 14. The van der Waals surface area contributed by atoms with E-state index in [2.05, 4.69) is 86.8 Å². The number of rotatable bonds is 40. The van der Waals surface area contributed by atoms with Crippen LogP contribution in [0.1, 0.15) is 168 Å². The summed E-state index contributed by atoms with van der Waals surface area (Å²) in [6, 6.07) is 0. The first-order valence-electron chi connectivity index (χ1n) is 22.7. The van der Waals surface area contributed by atoms with E-state index in [1.165, 1.54) is 44.9 Å². The van der Waals surface area contributed by atoms with Gasteiger partial charge in [0.2, 0.25) is 0 Å². The quantitative estimate of drug-likeness (QED) is 0.0214. The van der Waals surface area contributed by atoms with E-state index in [1.54, 1.807) is 0 Å². The molecule has 0 rings (SSSR count). The SMILES string of the molecule is CC/C=C\C/C=C\C/C=C\C/C=C\CCCCCCC(=O)OC(COC(=O)CCCCCCCCC/C=C\C/C=C\CCCCC)COP(=O)(O)OCC[N+](C)(C)C. The average Bonchev–Trinajstić information content (AvgIpc) is 3.17. The number of phosphoric acid groups is 1. The number of nitrogens with zero attached hydrogens (tertiary/aromatic N) is 1. The molecule has 0 heterocycles. The smallest absolute Gasteiger partial charge is 0.462 e. The van der Waals surface area contributed by atoms with Crippen LogP contribution in [0.2, 0.25) is 0 Å². The highest BCUT2D eigenvalue weighted by Crippen LogP contribution is 2.43. The van der Waals surface area contributed by atoms with Gasteiger partial charge in [-0.1, -0.05) is 145 Å². The predicted molar refractivity (Wildman–Crippen MR) is 242 cm³/mol. The Hall–Kier alpha value is -2.55. The summed E-state index contributed by atoms with van der Waals surface area (Å²) in [4.78, 5) is 35.4. The number of esters is 2. The highest BCUT2D eigenvalue weighted by Gasteiger charge is 2.27. The summed E-state index contributed by atoms with van der Waals surface area (Å²) >= 11 is 0. The third kappa shape index (κ3) is 43.0. The van der Waals surface area contributed by atoms with Crippen molar-refractivity contribution in [1.29, 1.82) is 0 Å². The number of likely N-dealkylation sites (N-methyl/N-ethyl adjacent to an activating group) is 1. The molecule has 0 spiro atoms. The minimum absolute atomic E-state index is 0.0215. The van der Waals surface area contributed by atoms with Crippen LogP contribution in [0, 0.1) is 0 Å². The van der Waals surface area contributed by atoms with Gasteiger partial charge in [0.15, 0.2) is 6.10 Å². The van der Waals surface area contributed by atoms with Gasteiger partial charge in [0.05, 0.1) is 27.7 Å². The molecule has 0 aliphatic rings. The zero-order valence-electron chi connectivity index (χ0n) is 37.5. The van der Waals surface area contributed by atoms with Crippen molar-refractivity contribution >= 4 is 19.8 Å². The molecular weight excluding hydrogens is 750 g/mol. The summed E-state index contributed by atoms with van der Waals surface area (Å²) in [5.74, 6) is -0.841. The average molecular weight is 835 g/mol. The molecule has 334 valence electrons. The van der Waals surface area contributed by atoms with Crippen molar-refractivity contribution in [3.05, 3.63) is 72.9 Å². The zero-order valence-corrected chi connectivity index (χ0v) is 38.4. The number of quaternary nitrogens is 1. The Morgan fingerprint density at radius 3 is 1.47 bits per heavy atom. The van der Waals surface area contributed by atoms with Crippen LogP contribution in [0.15, 0.2) is 72.9 Å². The molecule has 0 radical (unpaired) electrons. The van der Waals surface area contributed by atoms with Gasteiger partial charge in [0.25, 0.3) is 0 Å². The second-order valence-corrected chi connectivity index (χ2v) is 17.5. The van der Waals surface area contributed by atoms with E-state index in [4.69, 9.17) is 18.5 Å². The standard InChI is InChI=1S/C48H84NO8P/c1-6-8-10-12-14-16-18-20-22-24-26-28-30-32-34-36-38-40-47(50)54-44-46(45-56-58(52,53)55-43-42-49(3,4)5)57-48(51)41-39-37-35-33-31-29-27-25-23-21-19-17-15-13-11-9-7-2/h9,11,14-17,20-23,27,29,46H,6-8,10,12-13,18-19,24-26,28,30-45H2,1-5H3/p+1/b11-9-,16-14-,17-15-,22-20-,23-21-,29-27-. The van der Waals surface area contributed by atoms with Crippen molar-refractivity contribution in [2.45, 2.75) is 174 Å². The van der Waals surface area contributed by atoms with Crippen LogP contribution in [0.5, 0.6) is 0 Å². The number of ether oxygens (including phenoxy) is 2. The van der Waals surface area contributed by atoms with Crippen LogP contribution in [0.4, 0.5) is 0 Å². The largest absolute Gasteiger partial charge is 0.472 e. The van der Waals surface area contributed by atoms with E-state index in [1.807, 2.05) is 21.1 Å². The Morgan fingerprint density at radius 2 is 0.983 bits per heavy atom. The highest BCUT2D eigenvalue weighted by molar-refractivity contribution is 7.47. The maximum Gasteiger partial charge on any atom is 0.472 e. The normalized spacial score (nSPS) is 14.2. The first-order valence-corrected chi connectivity index (χ1v) is 24.2. The number of carbonyl (C=O) groups is 2. The molecule has 0 amide bonds. The molecule has 1 N–H and O–H groups in total. The van der Waals surface area contributed by atoms with Crippen molar-refractivity contribution < 1.29 is 42.1 Å². The first kappa shape index (κ1) is 55.5. The Morgan fingerprint density at radius 1 is 0.552 bits per heavy atom. The van der Waals surface area contributed by atoms with Crippen molar-refractivity contribution in [2.75, 3.05) is 47.5 Å². The topological polar surface area (TPSA) is 108 Å². The van der Waals surface area contributed by atoms with Gasteiger partial charge in [-0.25, -0.2) is 4.57 Å². The number of hydrogen-bond acceptors (Lipinski definition) is 7. The van der Waals surface area contributed by atoms with E-state index >= 15 is 0 Å². The molecule has 58 heavy (non-hydrogen) atoms. The summed E-state index contributed by atoms with van der Waals surface area (Å²) in [6.07, 6.45) is 49.4. The summed E-state index contributed by atoms with van der Waals surface area (Å²) in [5, 5.41) is 0. The van der Waals surface area contributed by atoms with Gasteiger partial charge in [-0.2, -0.15) is 0 Å². The Kier molecular flexibility index (Phi) is 38.1. The molecule has 0 aliphatic carbocycles. The number of hydrogen-bond donors (Lipinski definition) is 1. The van der Waals surface area contributed by atoms with Gasteiger partial charge >= 0.3 is 19.8 Å². The monoisotopic (exact) mass is 835 g/mol. The number of phosphoric ester groups is 1. The molecule has 2 atom stereocenters. The predicted octanol–water partition coefficient (Wildman–Crippen LogP) is 13.0. The van der Waals surface area contributed by atoms with E-state index in [9.17, 15) is 19.0 Å². The molecule has 0 saturated carbocycles. The van der Waals surface area contributed by atoms with Gasteiger partial charge in [-0.15, -0.1) is 0 Å². The van der Waals surface area contributed by atoms with Crippen molar-refractivity contribution in [1.82, 2.24) is 0 Å². The Labute approximate surface area is 355 Å². The van der Waals surface area contributed by atoms with Crippen molar-refractivity contribution in [3.63, 3.8) is 0 Å². The lowest BCUT2D eigenvalue weighted by molar-refractivity contribution is -0.870. The minimum atomic E-state index is -4.39. The third-order valence-electron chi connectivity index (χ3n) is 9.22. The second-order valence-electron chi connectivity index (χ2n) is 16.0. The van der Waals surface area contributed by atoms with E-state index in [0.717, 1.165) is 89.9 Å². The maximum atomic E-state index is 12.7. The summed E-state index contributed by atoms with van der Waals surface area (Å²) in [5.41, 5.74) is 0. The molecular formula is C48H85NO8P+. The van der Waals surface area contributed by atoms with Gasteiger partial charge in [-0.3, -0.25) is 18.6 Å². The molecule has 9 nitrogen and oxygen atoms in total. The van der Waals surface area contributed by atoms with Crippen LogP contribution in [-0.4, -0.2) is 74.9 Å². The Bertz CT molecular complexity index is 1220. The molecule has 0 aromatic rings. The summed E-state index contributed by atoms with van der Waals surface area (Å²) in [6.45, 7) is 4.23. The fraction of sp³-hybridized carbons (Fsp3) is 0.708. The lowest BCUT2D eigenvalue weighted by Gasteiger charge is -2.24. The van der Waals surface area contributed by atoms with E-state index in [-0.39, 0.29) is 32.0 Å². The zero-order chi connectivity index (χ0) is 42.8. The lowest BCUT2D eigenvalue weighted by atomic mass is 10.1. The highest BCUT2D eigenvalue weighted by atomic mass is 31.2. The third-order valence-corrected chi connectivity index (χ3v) is 10.2. The van der Waals surface area contributed by atoms with Gasteiger partial charge < -0.3 is 18.9 Å². The Balaban J connectivity index is 4.41. The van der Waals surface area contributed by atoms with Crippen LogP contribution < -0.4 is 0 Å². The van der Waals surface area contributed by atoms with Crippen molar-refractivity contribution in [3.8, 4) is 0 Å². The molecule has 0 fully saturated rings. The first-order chi connectivity index (χ1) is 28.0. The van der Waals surface area contributed by atoms with E-state index in [0.29, 0.717) is 17.4 Å². The van der Waals surface area contributed by atoms with Crippen LogP contribution in [0.3, 0.4) is 0 Å². The van der Waals surface area contributed by atoms with Gasteiger partial charge in [-0.05, 0) is 83.5 Å². The van der Waals surface area contributed by atoms with Gasteiger partial charge in [0, 0.05) is 12.8 Å². The summed E-state index contributed by atoms with van der Waals surface area (Å²) in [7, 11) is 1.44. The fourth-order valence-corrected chi connectivity index (χ4v) is 6.42. The number of allylic oxidation sites excluding steroid dienone is 12. The van der Waals surface area contributed by atoms with Crippen LogP contribution in [0.25, 0.3) is 0 Å². The molecule has 0 aromatic heterocycles. The van der Waals surface area contributed by atoms with Gasteiger partial charge in [0.1, 0.15) is 19.8 Å². The maximum absolute atomic E-state index is 12.7. The molecule has 2 unspecified atom stereocenters. The molecule has 0 aromatic carbocycles. The summed E-state index contributed by atoms with van der Waals surface area (Å²) < 4.78 is 34.3. The lowest BCUT2D eigenvalue weighted by Crippen LogP contribution is -2.37. The van der Waals surface area contributed by atoms with Crippen LogP contribution in [-0.2, 0) is 32.7 Å². The van der Waals surface area contributed by atoms with Crippen LogP contribution >= 0.6 is 7.82 Å². The molecule has 0 saturated heterocycles. The molecule has 0 bridgehead atoms. The second kappa shape index (κ2) is 39.9. The molecule has 0 aliphatic heterocycles. The van der Waals surface area contributed by atoms with E-state index < -0.39 is 26.5 Å². The molecule has 10 heteroatoms.